The fourth-order valence-electron chi connectivity index (χ4n) is 1.54. The lowest BCUT2D eigenvalue weighted by Crippen LogP contribution is -1.95. The molecule has 0 saturated heterocycles. The number of nitrogen functional groups attached to an aromatic ring is 1. The molecule has 1 aromatic heterocycles. The van der Waals surface area contributed by atoms with Gasteiger partial charge >= 0.3 is 0 Å². The number of hydrogen-bond donors (Lipinski definition) is 1. The Bertz CT molecular complexity index is 509. The molecule has 0 aliphatic rings. The number of rotatable bonds is 4. The number of anilines is 1. The Morgan fingerprint density at radius 2 is 1.72 bits per heavy atom. The average molecular weight is 266 g/mol. The zero-order chi connectivity index (χ0) is 13.0. The lowest BCUT2D eigenvalue weighted by atomic mass is 10.2. The number of halogens is 2. The van der Waals surface area contributed by atoms with Crippen molar-refractivity contribution in [2.24, 2.45) is 0 Å². The standard InChI is InChI=1S/C13H12F2N2S/c14-11-7-10(16)8-12(15)13(11)18-6-3-9-1-4-17-5-2-9/h1-2,4-5,7-8H,3,6,16H2. The number of pyridine rings is 1. The normalized spacial score (nSPS) is 10.6. The maximum atomic E-state index is 13.5. The minimum Gasteiger partial charge on any atom is -0.399 e. The van der Waals surface area contributed by atoms with E-state index in [-0.39, 0.29) is 10.6 Å². The van der Waals surface area contributed by atoms with Crippen molar-refractivity contribution in [3.63, 3.8) is 0 Å². The van der Waals surface area contributed by atoms with Gasteiger partial charge in [-0.05, 0) is 36.2 Å². The average Bonchev–Trinajstić information content (AvgIpc) is 2.34. The van der Waals surface area contributed by atoms with Crippen LogP contribution in [-0.4, -0.2) is 10.7 Å². The van der Waals surface area contributed by atoms with Crippen molar-refractivity contribution in [3.8, 4) is 0 Å². The van der Waals surface area contributed by atoms with Crippen LogP contribution in [0.3, 0.4) is 0 Å². The Labute approximate surface area is 108 Å². The molecule has 2 aromatic rings. The van der Waals surface area contributed by atoms with Gasteiger partial charge in [0.05, 0.1) is 4.90 Å². The van der Waals surface area contributed by atoms with Gasteiger partial charge in [0.15, 0.2) is 0 Å². The van der Waals surface area contributed by atoms with Crippen LogP contribution in [0, 0.1) is 11.6 Å². The van der Waals surface area contributed by atoms with E-state index in [1.807, 2.05) is 12.1 Å². The van der Waals surface area contributed by atoms with Crippen LogP contribution < -0.4 is 5.73 Å². The molecule has 0 radical (unpaired) electrons. The van der Waals surface area contributed by atoms with Crippen LogP contribution in [0.4, 0.5) is 14.5 Å². The van der Waals surface area contributed by atoms with E-state index in [2.05, 4.69) is 4.98 Å². The fraction of sp³-hybridized carbons (Fsp3) is 0.154. The Hall–Kier alpha value is -1.62. The summed E-state index contributed by atoms with van der Waals surface area (Å²) in [6.07, 6.45) is 4.13. The molecule has 5 heteroatoms. The molecule has 0 unspecified atom stereocenters. The first-order chi connectivity index (χ1) is 8.66. The molecule has 1 aromatic carbocycles. The Morgan fingerprint density at radius 3 is 2.33 bits per heavy atom. The van der Waals surface area contributed by atoms with Crippen molar-refractivity contribution in [2.45, 2.75) is 11.3 Å². The second kappa shape index (κ2) is 5.82. The number of thioether (sulfide) groups is 1. The van der Waals surface area contributed by atoms with Crippen LogP contribution in [0.1, 0.15) is 5.56 Å². The van der Waals surface area contributed by atoms with E-state index in [1.54, 1.807) is 12.4 Å². The van der Waals surface area contributed by atoms with Gasteiger partial charge in [0.1, 0.15) is 11.6 Å². The minimum atomic E-state index is -0.604. The highest BCUT2D eigenvalue weighted by Gasteiger charge is 2.10. The van der Waals surface area contributed by atoms with Gasteiger partial charge in [0, 0.05) is 23.8 Å². The number of nitrogens with zero attached hydrogens (tertiary/aromatic N) is 1. The lowest BCUT2D eigenvalue weighted by molar-refractivity contribution is 0.542. The first kappa shape index (κ1) is 12.8. The first-order valence-corrected chi connectivity index (χ1v) is 6.41. The molecule has 0 aliphatic heterocycles. The molecule has 94 valence electrons. The summed E-state index contributed by atoms with van der Waals surface area (Å²) >= 11 is 1.15. The van der Waals surface area contributed by atoms with E-state index in [9.17, 15) is 8.78 Å². The third-order valence-corrected chi connectivity index (χ3v) is 3.49. The molecule has 18 heavy (non-hydrogen) atoms. The van der Waals surface area contributed by atoms with E-state index in [1.165, 1.54) is 0 Å². The molecule has 0 spiro atoms. The van der Waals surface area contributed by atoms with Crippen molar-refractivity contribution in [2.75, 3.05) is 11.5 Å². The van der Waals surface area contributed by atoms with Crippen molar-refractivity contribution in [1.29, 1.82) is 0 Å². The van der Waals surface area contributed by atoms with E-state index >= 15 is 0 Å². The predicted octanol–water partition coefficient (Wildman–Crippen LogP) is 3.28. The molecular formula is C13H12F2N2S. The van der Waals surface area contributed by atoms with Crippen LogP contribution in [-0.2, 0) is 6.42 Å². The van der Waals surface area contributed by atoms with E-state index in [4.69, 9.17) is 5.73 Å². The summed E-state index contributed by atoms with van der Waals surface area (Å²) in [5.74, 6) is -0.610. The van der Waals surface area contributed by atoms with Crippen molar-refractivity contribution < 1.29 is 8.78 Å². The van der Waals surface area contributed by atoms with Crippen LogP contribution in [0.25, 0.3) is 0 Å². The van der Waals surface area contributed by atoms with Gasteiger partial charge in [0.2, 0.25) is 0 Å². The Kier molecular flexibility index (Phi) is 4.15. The Morgan fingerprint density at radius 1 is 1.11 bits per heavy atom. The molecule has 0 aliphatic carbocycles. The first-order valence-electron chi connectivity index (χ1n) is 5.43. The molecule has 2 N–H and O–H groups in total. The Balaban J connectivity index is 1.99. The summed E-state index contributed by atoms with van der Waals surface area (Å²) in [5.41, 5.74) is 6.54. The van der Waals surface area contributed by atoms with Gasteiger partial charge in [-0.15, -0.1) is 11.8 Å². The number of hydrogen-bond acceptors (Lipinski definition) is 3. The second-order valence-corrected chi connectivity index (χ2v) is 4.87. The third-order valence-electron chi connectivity index (χ3n) is 2.41. The van der Waals surface area contributed by atoms with Gasteiger partial charge in [-0.3, -0.25) is 4.98 Å². The predicted molar refractivity (Wildman–Crippen MR) is 69.4 cm³/mol. The summed E-state index contributed by atoms with van der Waals surface area (Å²) in [7, 11) is 0. The molecule has 0 fully saturated rings. The van der Waals surface area contributed by atoms with Gasteiger partial charge < -0.3 is 5.73 Å². The molecule has 0 saturated carbocycles. The van der Waals surface area contributed by atoms with E-state index in [0.717, 1.165) is 35.9 Å². The summed E-state index contributed by atoms with van der Waals surface area (Å²) in [4.78, 5) is 3.94. The fourth-order valence-corrected chi connectivity index (χ4v) is 2.47. The van der Waals surface area contributed by atoms with Crippen LogP contribution in [0.15, 0.2) is 41.6 Å². The number of benzene rings is 1. The van der Waals surface area contributed by atoms with Gasteiger partial charge in [-0.25, -0.2) is 8.78 Å². The van der Waals surface area contributed by atoms with Crippen molar-refractivity contribution in [3.05, 3.63) is 53.9 Å². The van der Waals surface area contributed by atoms with E-state index in [0.29, 0.717) is 5.75 Å². The summed E-state index contributed by atoms with van der Waals surface area (Å²) in [5, 5.41) is 0. The molecule has 1 heterocycles. The monoisotopic (exact) mass is 266 g/mol. The highest BCUT2D eigenvalue weighted by molar-refractivity contribution is 7.99. The van der Waals surface area contributed by atoms with Crippen LogP contribution in [0.2, 0.25) is 0 Å². The molecule has 0 amide bonds. The van der Waals surface area contributed by atoms with Gasteiger partial charge in [-0.1, -0.05) is 0 Å². The lowest BCUT2D eigenvalue weighted by Gasteiger charge is -2.06. The zero-order valence-corrected chi connectivity index (χ0v) is 10.4. The summed E-state index contributed by atoms with van der Waals surface area (Å²) in [6, 6.07) is 6.04. The van der Waals surface area contributed by atoms with Gasteiger partial charge in [0.25, 0.3) is 0 Å². The SMILES string of the molecule is Nc1cc(F)c(SCCc2ccncc2)c(F)c1. The molecular weight excluding hydrogens is 254 g/mol. The molecule has 0 atom stereocenters. The highest BCUT2D eigenvalue weighted by Crippen LogP contribution is 2.27. The minimum absolute atomic E-state index is 0.0262. The smallest absolute Gasteiger partial charge is 0.141 e. The van der Waals surface area contributed by atoms with Crippen molar-refractivity contribution in [1.82, 2.24) is 4.98 Å². The zero-order valence-electron chi connectivity index (χ0n) is 9.57. The van der Waals surface area contributed by atoms with Crippen LogP contribution in [0.5, 0.6) is 0 Å². The quantitative estimate of drug-likeness (QED) is 0.682. The van der Waals surface area contributed by atoms with Crippen LogP contribution >= 0.6 is 11.8 Å². The molecule has 2 nitrogen and oxygen atoms in total. The number of aryl methyl sites for hydroxylation is 1. The third kappa shape index (κ3) is 3.20. The summed E-state index contributed by atoms with van der Waals surface area (Å²) in [6.45, 7) is 0. The number of nitrogens with two attached hydrogens (primary N) is 1. The van der Waals surface area contributed by atoms with Gasteiger partial charge in [-0.2, -0.15) is 0 Å². The topological polar surface area (TPSA) is 38.9 Å². The van der Waals surface area contributed by atoms with Crippen molar-refractivity contribution >= 4 is 17.4 Å². The maximum absolute atomic E-state index is 13.5. The maximum Gasteiger partial charge on any atom is 0.141 e. The van der Waals surface area contributed by atoms with E-state index < -0.39 is 11.6 Å². The summed E-state index contributed by atoms with van der Waals surface area (Å²) < 4.78 is 27.0. The largest absolute Gasteiger partial charge is 0.399 e. The molecule has 2 rings (SSSR count). The molecule has 0 bridgehead atoms. The highest BCUT2D eigenvalue weighted by atomic mass is 32.2. The number of aromatic nitrogens is 1. The second-order valence-electron chi connectivity index (χ2n) is 3.77.